The molecule has 0 spiro atoms. The number of anilines is 1. The summed E-state index contributed by atoms with van der Waals surface area (Å²) < 4.78 is 5.83. The molecule has 1 atom stereocenters. The molecule has 1 fully saturated rings. The molecule has 0 unspecified atom stereocenters. The number of nitrogens with zero attached hydrogens (tertiary/aromatic N) is 4. The van der Waals surface area contributed by atoms with Crippen molar-refractivity contribution in [3.63, 3.8) is 0 Å². The summed E-state index contributed by atoms with van der Waals surface area (Å²) in [6.07, 6.45) is 1.51. The second-order valence-electron chi connectivity index (χ2n) is 5.76. The molecule has 23 heavy (non-hydrogen) atoms. The first-order chi connectivity index (χ1) is 11.1. The zero-order chi connectivity index (χ0) is 16.4. The number of amides is 1. The first-order valence-electron chi connectivity index (χ1n) is 7.50. The van der Waals surface area contributed by atoms with E-state index in [0.29, 0.717) is 25.6 Å². The molecule has 3 rings (SSSR count). The number of aryl methyl sites for hydroxylation is 1. The van der Waals surface area contributed by atoms with Gasteiger partial charge in [-0.25, -0.2) is 9.97 Å². The Hall–Kier alpha value is -1.99. The van der Waals surface area contributed by atoms with Crippen molar-refractivity contribution >= 4 is 23.2 Å². The minimum absolute atomic E-state index is 0.0685. The Kier molecular flexibility index (Phi) is 4.58. The van der Waals surface area contributed by atoms with E-state index in [4.69, 9.17) is 4.74 Å². The van der Waals surface area contributed by atoms with Gasteiger partial charge in [0.05, 0.1) is 24.4 Å². The number of carbonyl (C=O) groups is 1. The molecular formula is C16H20N4O2S. The van der Waals surface area contributed by atoms with Crippen molar-refractivity contribution in [2.24, 2.45) is 0 Å². The molecule has 1 aliphatic rings. The van der Waals surface area contributed by atoms with Crippen LogP contribution in [-0.4, -0.2) is 54.6 Å². The third-order valence-corrected chi connectivity index (χ3v) is 4.70. The number of aromatic nitrogens is 2. The average molecular weight is 332 g/mol. The molecule has 3 heterocycles. The molecule has 122 valence electrons. The highest BCUT2D eigenvalue weighted by atomic mass is 32.1. The lowest BCUT2D eigenvalue weighted by molar-refractivity contribution is -0.0247. The molecule has 1 saturated heterocycles. The minimum atomic E-state index is -0.214. The summed E-state index contributed by atoms with van der Waals surface area (Å²) in [5.74, 6) is 0.710. The predicted octanol–water partition coefficient (Wildman–Crippen LogP) is 2.13. The highest BCUT2D eigenvalue weighted by Crippen LogP contribution is 2.24. The smallest absolute Gasteiger partial charge is 0.255 e. The molecule has 0 radical (unpaired) electrons. The van der Waals surface area contributed by atoms with Gasteiger partial charge in [0.25, 0.3) is 5.91 Å². The lowest BCUT2D eigenvalue weighted by Crippen LogP contribution is -2.42. The number of thiophene rings is 1. The van der Waals surface area contributed by atoms with Crippen molar-refractivity contribution in [3.8, 4) is 0 Å². The molecule has 0 saturated carbocycles. The molecule has 0 N–H and O–H groups in total. The van der Waals surface area contributed by atoms with Gasteiger partial charge in [0.2, 0.25) is 5.95 Å². The second kappa shape index (κ2) is 6.64. The monoisotopic (exact) mass is 332 g/mol. The van der Waals surface area contributed by atoms with Crippen LogP contribution in [0, 0.1) is 6.92 Å². The van der Waals surface area contributed by atoms with Crippen LogP contribution in [0.3, 0.4) is 0 Å². The van der Waals surface area contributed by atoms with Crippen LogP contribution < -0.4 is 4.90 Å². The molecule has 2 aromatic heterocycles. The third-order valence-electron chi connectivity index (χ3n) is 3.83. The quantitative estimate of drug-likeness (QED) is 0.862. The van der Waals surface area contributed by atoms with E-state index in [1.807, 2.05) is 47.6 Å². The van der Waals surface area contributed by atoms with E-state index in [2.05, 4.69) is 9.97 Å². The Morgan fingerprint density at radius 1 is 1.43 bits per heavy atom. The molecule has 0 aliphatic carbocycles. The van der Waals surface area contributed by atoms with Crippen molar-refractivity contribution in [1.82, 2.24) is 14.9 Å². The zero-order valence-electron chi connectivity index (χ0n) is 13.5. The average Bonchev–Trinajstić information content (AvgIpc) is 3.00. The van der Waals surface area contributed by atoms with Crippen LogP contribution in [-0.2, 0) is 4.74 Å². The molecule has 0 aromatic carbocycles. The van der Waals surface area contributed by atoms with Gasteiger partial charge in [0, 0.05) is 32.2 Å². The van der Waals surface area contributed by atoms with E-state index >= 15 is 0 Å². The van der Waals surface area contributed by atoms with Gasteiger partial charge in [-0.15, -0.1) is 0 Å². The topological polar surface area (TPSA) is 58.6 Å². The van der Waals surface area contributed by atoms with Gasteiger partial charge in [-0.2, -0.15) is 11.3 Å². The van der Waals surface area contributed by atoms with Crippen LogP contribution in [0.2, 0.25) is 0 Å². The molecule has 2 aromatic rings. The Balaban J connectivity index is 1.77. The first-order valence-corrected chi connectivity index (χ1v) is 8.44. The maximum absolute atomic E-state index is 12.7. The van der Waals surface area contributed by atoms with Gasteiger partial charge < -0.3 is 14.5 Å². The number of hydrogen-bond donors (Lipinski definition) is 0. The fraction of sp³-hybridized carbons (Fsp3) is 0.438. The maximum atomic E-state index is 12.7. The van der Waals surface area contributed by atoms with E-state index in [0.717, 1.165) is 16.8 Å². The standard InChI is InChI=1S/C16H20N4O2S/c1-11-9-23-10-12(11)15(21)20-6-7-22-14(8-20)13-4-5-17-16(18-13)19(2)3/h4-5,9-10,14H,6-8H2,1-3H3/t14-/m0/s1. The number of ether oxygens (including phenoxy) is 1. The lowest BCUT2D eigenvalue weighted by atomic mass is 10.1. The van der Waals surface area contributed by atoms with Crippen molar-refractivity contribution in [2.75, 3.05) is 38.7 Å². The molecular weight excluding hydrogens is 312 g/mol. The Morgan fingerprint density at radius 2 is 2.26 bits per heavy atom. The Bertz CT molecular complexity index is 701. The van der Waals surface area contributed by atoms with E-state index in [-0.39, 0.29) is 12.0 Å². The first kappa shape index (κ1) is 15.9. The molecule has 1 amide bonds. The summed E-state index contributed by atoms with van der Waals surface area (Å²) >= 11 is 1.56. The predicted molar refractivity (Wildman–Crippen MR) is 90.0 cm³/mol. The van der Waals surface area contributed by atoms with Gasteiger partial charge in [-0.3, -0.25) is 4.79 Å². The SMILES string of the molecule is Cc1cscc1C(=O)N1CCO[C@H](c2ccnc(N(C)C)n2)C1. The van der Waals surface area contributed by atoms with E-state index in [1.54, 1.807) is 17.5 Å². The van der Waals surface area contributed by atoms with Crippen LogP contribution in [0.1, 0.15) is 27.7 Å². The van der Waals surface area contributed by atoms with Gasteiger partial charge in [-0.1, -0.05) is 0 Å². The van der Waals surface area contributed by atoms with Gasteiger partial charge >= 0.3 is 0 Å². The van der Waals surface area contributed by atoms with Crippen molar-refractivity contribution in [3.05, 3.63) is 39.8 Å². The fourth-order valence-electron chi connectivity index (χ4n) is 2.52. The highest BCUT2D eigenvalue weighted by molar-refractivity contribution is 7.08. The van der Waals surface area contributed by atoms with Crippen LogP contribution in [0.5, 0.6) is 0 Å². The third kappa shape index (κ3) is 3.35. The number of carbonyl (C=O) groups excluding carboxylic acids is 1. The van der Waals surface area contributed by atoms with E-state index < -0.39 is 0 Å². The van der Waals surface area contributed by atoms with Crippen LogP contribution in [0.25, 0.3) is 0 Å². The summed E-state index contributed by atoms with van der Waals surface area (Å²) in [6, 6.07) is 1.85. The lowest BCUT2D eigenvalue weighted by Gasteiger charge is -2.32. The van der Waals surface area contributed by atoms with Crippen LogP contribution in [0.15, 0.2) is 23.0 Å². The molecule has 1 aliphatic heterocycles. The van der Waals surface area contributed by atoms with E-state index in [1.165, 1.54) is 0 Å². The maximum Gasteiger partial charge on any atom is 0.255 e. The summed E-state index contributed by atoms with van der Waals surface area (Å²) in [4.78, 5) is 25.1. The van der Waals surface area contributed by atoms with Gasteiger partial charge in [0.1, 0.15) is 6.10 Å². The van der Waals surface area contributed by atoms with Crippen molar-refractivity contribution in [1.29, 1.82) is 0 Å². The Morgan fingerprint density at radius 3 is 2.96 bits per heavy atom. The normalized spacial score (nSPS) is 18.0. The summed E-state index contributed by atoms with van der Waals surface area (Å²) in [7, 11) is 3.80. The summed E-state index contributed by atoms with van der Waals surface area (Å²) in [5, 5.41) is 3.91. The second-order valence-corrected chi connectivity index (χ2v) is 6.50. The van der Waals surface area contributed by atoms with Crippen molar-refractivity contribution in [2.45, 2.75) is 13.0 Å². The van der Waals surface area contributed by atoms with Gasteiger partial charge in [0.15, 0.2) is 0 Å². The Labute approximate surface area is 139 Å². The van der Waals surface area contributed by atoms with Gasteiger partial charge in [-0.05, 0) is 23.9 Å². The number of morpholine rings is 1. The summed E-state index contributed by atoms with van der Waals surface area (Å²) in [6.45, 7) is 3.60. The largest absolute Gasteiger partial charge is 0.368 e. The zero-order valence-corrected chi connectivity index (χ0v) is 14.3. The molecule has 6 nitrogen and oxygen atoms in total. The minimum Gasteiger partial charge on any atom is -0.368 e. The van der Waals surface area contributed by atoms with Crippen LogP contribution in [0.4, 0.5) is 5.95 Å². The number of rotatable bonds is 3. The number of hydrogen-bond acceptors (Lipinski definition) is 6. The van der Waals surface area contributed by atoms with Crippen molar-refractivity contribution < 1.29 is 9.53 Å². The highest BCUT2D eigenvalue weighted by Gasteiger charge is 2.28. The van der Waals surface area contributed by atoms with E-state index in [9.17, 15) is 4.79 Å². The summed E-state index contributed by atoms with van der Waals surface area (Å²) in [5.41, 5.74) is 2.62. The fourth-order valence-corrected chi connectivity index (χ4v) is 3.34. The molecule has 7 heteroatoms. The van der Waals surface area contributed by atoms with Crippen LogP contribution >= 0.6 is 11.3 Å². The molecule has 0 bridgehead atoms.